The zero-order chi connectivity index (χ0) is 22.2. The maximum Gasteiger partial charge on any atom is 0.279 e. The van der Waals surface area contributed by atoms with Crippen molar-refractivity contribution in [3.8, 4) is 5.75 Å². The number of carbonyl (C=O) groups excluding carboxylic acids is 2. The largest absolute Gasteiger partial charge is 0.497 e. The Kier molecular flexibility index (Phi) is 7.97. The predicted molar refractivity (Wildman–Crippen MR) is 116 cm³/mol. The van der Waals surface area contributed by atoms with Crippen molar-refractivity contribution in [1.82, 2.24) is 4.90 Å². The molecule has 1 aliphatic rings. The number of nitrogens with zero attached hydrogens (tertiary/aromatic N) is 1. The van der Waals surface area contributed by atoms with Crippen LogP contribution in [-0.4, -0.2) is 70.1 Å². The predicted octanol–water partition coefficient (Wildman–Crippen LogP) is -0.785. The molecule has 1 aliphatic heterocycles. The molecule has 2 amide bonds. The molecule has 1 fully saturated rings. The third-order valence-electron chi connectivity index (χ3n) is 5.45. The summed E-state index contributed by atoms with van der Waals surface area (Å²) in [6, 6.07) is 13.6. The monoisotopic (exact) mass is 430 g/mol. The van der Waals surface area contributed by atoms with E-state index >= 15 is 0 Å². The molecule has 31 heavy (non-hydrogen) atoms. The molecule has 1 saturated heterocycles. The molecule has 1 unspecified atom stereocenters. The second-order valence-corrected chi connectivity index (χ2v) is 8.02. The molecular weight excluding hydrogens is 399 g/mol. The summed E-state index contributed by atoms with van der Waals surface area (Å²) in [5, 5.41) is 2.79. The first-order valence-corrected chi connectivity index (χ1v) is 10.5. The van der Waals surface area contributed by atoms with Gasteiger partial charge >= 0.3 is 0 Å². The number of anilines is 1. The Balaban J connectivity index is 1.39. The Morgan fingerprint density at radius 3 is 2.55 bits per heavy atom. The normalized spacial score (nSPS) is 15.4. The number of amides is 2. The Bertz CT molecular complexity index is 883. The van der Waals surface area contributed by atoms with E-state index in [-0.39, 0.29) is 17.6 Å². The number of piperazine rings is 1. The van der Waals surface area contributed by atoms with Crippen LogP contribution in [0.1, 0.15) is 5.56 Å². The van der Waals surface area contributed by atoms with Gasteiger partial charge in [0.25, 0.3) is 11.8 Å². The van der Waals surface area contributed by atoms with Crippen molar-refractivity contribution in [3.05, 3.63) is 59.9 Å². The fourth-order valence-electron chi connectivity index (χ4n) is 3.78. The Labute approximate surface area is 182 Å². The van der Waals surface area contributed by atoms with Gasteiger partial charge in [-0.2, -0.15) is 0 Å². The summed E-state index contributed by atoms with van der Waals surface area (Å²) in [6.45, 7) is 4.26. The molecular formula is C23H31FN4O3+2. The Morgan fingerprint density at radius 2 is 1.87 bits per heavy atom. The minimum absolute atomic E-state index is 0.108. The lowest BCUT2D eigenvalue weighted by atomic mass is 10.2. The molecule has 3 N–H and O–H groups in total. The van der Waals surface area contributed by atoms with Crippen LogP contribution in [0.3, 0.4) is 0 Å². The SMILES string of the molecule is COc1cccc(C[NH+](C)CC(=O)N2CC[NH+](CC(=O)Nc3ccc(F)cc3)CC2)c1. The molecule has 3 rings (SSSR count). The van der Waals surface area contributed by atoms with E-state index in [1.54, 1.807) is 19.2 Å². The lowest BCUT2D eigenvalue weighted by Crippen LogP contribution is -3.16. The van der Waals surface area contributed by atoms with Gasteiger partial charge in [-0.05, 0) is 36.4 Å². The molecule has 2 aromatic carbocycles. The average molecular weight is 431 g/mol. The minimum atomic E-state index is -0.333. The van der Waals surface area contributed by atoms with Gasteiger partial charge in [0.15, 0.2) is 13.1 Å². The van der Waals surface area contributed by atoms with E-state index < -0.39 is 0 Å². The highest BCUT2D eigenvalue weighted by molar-refractivity contribution is 5.91. The van der Waals surface area contributed by atoms with Crippen LogP contribution in [0.5, 0.6) is 5.75 Å². The van der Waals surface area contributed by atoms with Crippen LogP contribution in [-0.2, 0) is 16.1 Å². The molecule has 8 heteroatoms. The van der Waals surface area contributed by atoms with Crippen LogP contribution in [0.15, 0.2) is 48.5 Å². The lowest BCUT2D eigenvalue weighted by Gasteiger charge is -2.32. The van der Waals surface area contributed by atoms with E-state index in [1.807, 2.05) is 36.2 Å². The maximum atomic E-state index is 13.0. The summed E-state index contributed by atoms with van der Waals surface area (Å²) in [4.78, 5) is 29.1. The fraction of sp³-hybridized carbons (Fsp3) is 0.391. The number of ether oxygens (including phenoxy) is 1. The standard InChI is InChI=1S/C23H29FN4O3/c1-26(15-18-4-3-5-21(14-18)31-2)17-23(30)28-12-10-27(11-13-28)16-22(29)25-20-8-6-19(24)7-9-20/h3-9,14H,10-13,15-17H2,1-2H3,(H,25,29)/p+2. The van der Waals surface area contributed by atoms with Gasteiger partial charge in [-0.15, -0.1) is 0 Å². The summed E-state index contributed by atoms with van der Waals surface area (Å²) in [7, 11) is 3.66. The van der Waals surface area contributed by atoms with E-state index in [4.69, 9.17) is 4.74 Å². The highest BCUT2D eigenvalue weighted by Crippen LogP contribution is 2.11. The quantitative estimate of drug-likeness (QED) is 0.515. The van der Waals surface area contributed by atoms with Crippen molar-refractivity contribution in [3.63, 3.8) is 0 Å². The molecule has 0 saturated carbocycles. The van der Waals surface area contributed by atoms with Gasteiger partial charge in [-0.1, -0.05) is 12.1 Å². The van der Waals surface area contributed by atoms with Crippen LogP contribution in [0.25, 0.3) is 0 Å². The lowest BCUT2D eigenvalue weighted by molar-refractivity contribution is -0.896. The van der Waals surface area contributed by atoms with Gasteiger partial charge in [0, 0.05) is 11.3 Å². The van der Waals surface area contributed by atoms with Gasteiger partial charge in [0.2, 0.25) is 0 Å². The van der Waals surface area contributed by atoms with Gasteiger partial charge in [0.05, 0.1) is 40.3 Å². The van der Waals surface area contributed by atoms with E-state index in [0.29, 0.717) is 31.9 Å². The van der Waals surface area contributed by atoms with Crippen LogP contribution in [0, 0.1) is 5.82 Å². The summed E-state index contributed by atoms with van der Waals surface area (Å²) in [5.41, 5.74) is 1.72. The number of benzene rings is 2. The number of halogens is 1. The van der Waals surface area contributed by atoms with Crippen molar-refractivity contribution in [1.29, 1.82) is 0 Å². The Hall–Kier alpha value is -2.97. The first-order chi connectivity index (χ1) is 14.9. The smallest absolute Gasteiger partial charge is 0.279 e. The van der Waals surface area contributed by atoms with Crippen LogP contribution in [0.2, 0.25) is 0 Å². The van der Waals surface area contributed by atoms with E-state index in [2.05, 4.69) is 5.32 Å². The van der Waals surface area contributed by atoms with Crippen molar-refractivity contribution < 1.29 is 28.5 Å². The molecule has 7 nitrogen and oxygen atoms in total. The molecule has 0 bridgehead atoms. The topological polar surface area (TPSA) is 67.5 Å². The average Bonchev–Trinajstić information content (AvgIpc) is 2.76. The number of carbonyl (C=O) groups is 2. The number of methoxy groups -OCH3 is 1. The van der Waals surface area contributed by atoms with Crippen molar-refractivity contribution in [2.24, 2.45) is 0 Å². The van der Waals surface area contributed by atoms with Crippen LogP contribution < -0.4 is 19.9 Å². The minimum Gasteiger partial charge on any atom is -0.497 e. The first kappa shape index (κ1) is 22.7. The van der Waals surface area contributed by atoms with E-state index in [9.17, 15) is 14.0 Å². The molecule has 1 atom stereocenters. The third kappa shape index (κ3) is 7.04. The van der Waals surface area contributed by atoms with Gasteiger partial charge in [-0.25, -0.2) is 4.39 Å². The van der Waals surface area contributed by atoms with Crippen molar-refractivity contribution in [2.45, 2.75) is 6.54 Å². The summed E-state index contributed by atoms with van der Waals surface area (Å²) < 4.78 is 18.2. The maximum absolute atomic E-state index is 13.0. The zero-order valence-corrected chi connectivity index (χ0v) is 18.1. The van der Waals surface area contributed by atoms with Gasteiger partial charge in [-0.3, -0.25) is 9.59 Å². The molecule has 0 aromatic heterocycles. The summed E-state index contributed by atoms with van der Waals surface area (Å²) in [6.07, 6.45) is 0. The zero-order valence-electron chi connectivity index (χ0n) is 18.1. The number of rotatable bonds is 8. The second kappa shape index (κ2) is 10.9. The molecule has 0 aliphatic carbocycles. The summed E-state index contributed by atoms with van der Waals surface area (Å²) in [5.74, 6) is 0.513. The number of likely N-dealkylation sites (N-methyl/N-ethyl adjacent to an activating group) is 1. The number of hydrogen-bond donors (Lipinski definition) is 3. The molecule has 166 valence electrons. The van der Waals surface area contributed by atoms with E-state index in [0.717, 1.165) is 40.7 Å². The summed E-state index contributed by atoms with van der Waals surface area (Å²) >= 11 is 0. The van der Waals surface area contributed by atoms with Crippen molar-refractivity contribution >= 4 is 17.5 Å². The first-order valence-electron chi connectivity index (χ1n) is 10.5. The number of quaternary nitrogens is 2. The molecule has 0 radical (unpaired) electrons. The van der Waals surface area contributed by atoms with Crippen molar-refractivity contribution in [2.75, 3.05) is 58.7 Å². The highest BCUT2D eigenvalue weighted by atomic mass is 19.1. The molecule has 2 aromatic rings. The van der Waals surface area contributed by atoms with Crippen LogP contribution >= 0.6 is 0 Å². The highest BCUT2D eigenvalue weighted by Gasteiger charge is 2.26. The molecule has 1 heterocycles. The fourth-order valence-corrected chi connectivity index (χ4v) is 3.78. The Morgan fingerprint density at radius 1 is 1.16 bits per heavy atom. The van der Waals surface area contributed by atoms with E-state index in [1.165, 1.54) is 12.1 Å². The van der Waals surface area contributed by atoms with Gasteiger partial charge < -0.3 is 24.8 Å². The van der Waals surface area contributed by atoms with Crippen LogP contribution in [0.4, 0.5) is 10.1 Å². The second-order valence-electron chi connectivity index (χ2n) is 8.02. The number of nitrogens with one attached hydrogen (secondary N) is 3. The molecule has 0 spiro atoms. The third-order valence-corrected chi connectivity index (χ3v) is 5.45. The van der Waals surface area contributed by atoms with Gasteiger partial charge in [0.1, 0.15) is 18.1 Å². The number of hydrogen-bond acceptors (Lipinski definition) is 3.